The fraction of sp³-hybridized carbons (Fsp3) is 0.222. The Bertz CT molecular complexity index is 304. The van der Waals surface area contributed by atoms with Crippen molar-refractivity contribution in [1.29, 1.82) is 0 Å². The van der Waals surface area contributed by atoms with Crippen LogP contribution in [-0.2, 0) is 6.54 Å². The summed E-state index contributed by atoms with van der Waals surface area (Å²) in [7, 11) is 0. The van der Waals surface area contributed by atoms with Crippen LogP contribution in [0.15, 0.2) is 30.6 Å². The SMILES string of the molecule is C=Cn1cc(CNCC(=C)Cl)cn1. The van der Waals surface area contributed by atoms with Crippen LogP contribution >= 0.6 is 11.6 Å². The molecule has 1 aromatic rings. The Morgan fingerprint density at radius 3 is 3.08 bits per heavy atom. The molecule has 1 N–H and O–H groups in total. The molecule has 0 aliphatic heterocycles. The van der Waals surface area contributed by atoms with E-state index in [-0.39, 0.29) is 0 Å². The van der Waals surface area contributed by atoms with Crippen LogP contribution in [0.25, 0.3) is 6.20 Å². The molecule has 1 aromatic heterocycles. The zero-order chi connectivity index (χ0) is 9.68. The fourth-order valence-corrected chi connectivity index (χ4v) is 1.01. The van der Waals surface area contributed by atoms with Gasteiger partial charge in [0.15, 0.2) is 0 Å². The Morgan fingerprint density at radius 1 is 1.77 bits per heavy atom. The Hall–Kier alpha value is -1.06. The molecule has 0 aliphatic rings. The van der Waals surface area contributed by atoms with E-state index in [2.05, 4.69) is 23.6 Å². The highest BCUT2D eigenvalue weighted by Crippen LogP contribution is 1.98. The van der Waals surface area contributed by atoms with Gasteiger partial charge in [-0.05, 0) is 0 Å². The van der Waals surface area contributed by atoms with E-state index in [1.807, 2.05) is 6.20 Å². The van der Waals surface area contributed by atoms with Crippen molar-refractivity contribution in [2.24, 2.45) is 0 Å². The quantitative estimate of drug-likeness (QED) is 0.781. The van der Waals surface area contributed by atoms with Crippen molar-refractivity contribution in [2.75, 3.05) is 6.54 Å². The lowest BCUT2D eigenvalue weighted by Crippen LogP contribution is -2.13. The average molecular weight is 198 g/mol. The normalized spacial score (nSPS) is 9.92. The Kier molecular flexibility index (Phi) is 3.73. The lowest BCUT2D eigenvalue weighted by molar-refractivity contribution is 0.755. The monoisotopic (exact) mass is 197 g/mol. The number of nitrogens with zero attached hydrogens (tertiary/aromatic N) is 2. The van der Waals surface area contributed by atoms with Gasteiger partial charge in [-0.2, -0.15) is 5.10 Å². The van der Waals surface area contributed by atoms with Gasteiger partial charge in [-0.25, -0.2) is 4.68 Å². The second kappa shape index (κ2) is 4.84. The highest BCUT2D eigenvalue weighted by Gasteiger charge is 1.95. The number of nitrogens with one attached hydrogen (secondary N) is 1. The summed E-state index contributed by atoms with van der Waals surface area (Å²) in [6, 6.07) is 0. The van der Waals surface area contributed by atoms with Crippen LogP contribution < -0.4 is 5.32 Å². The Morgan fingerprint density at radius 2 is 2.54 bits per heavy atom. The first-order valence-corrected chi connectivity index (χ1v) is 4.29. The lowest BCUT2D eigenvalue weighted by atomic mass is 10.3. The maximum absolute atomic E-state index is 5.58. The van der Waals surface area contributed by atoms with Crippen molar-refractivity contribution in [3.63, 3.8) is 0 Å². The molecule has 0 radical (unpaired) electrons. The van der Waals surface area contributed by atoms with Gasteiger partial charge < -0.3 is 5.32 Å². The molecular formula is C9H12ClN3. The third-order valence-corrected chi connectivity index (χ3v) is 1.62. The molecule has 13 heavy (non-hydrogen) atoms. The topological polar surface area (TPSA) is 29.9 Å². The third kappa shape index (κ3) is 3.44. The zero-order valence-corrected chi connectivity index (χ0v) is 8.09. The van der Waals surface area contributed by atoms with E-state index in [4.69, 9.17) is 11.6 Å². The molecule has 0 saturated carbocycles. The highest BCUT2D eigenvalue weighted by molar-refractivity contribution is 6.29. The van der Waals surface area contributed by atoms with Gasteiger partial charge in [-0.3, -0.25) is 0 Å². The number of halogens is 1. The minimum Gasteiger partial charge on any atom is -0.308 e. The fourth-order valence-electron chi connectivity index (χ4n) is 0.911. The first-order valence-electron chi connectivity index (χ1n) is 3.92. The van der Waals surface area contributed by atoms with E-state index in [1.165, 1.54) is 0 Å². The predicted molar refractivity (Wildman–Crippen MR) is 55.3 cm³/mol. The summed E-state index contributed by atoms with van der Waals surface area (Å²) < 4.78 is 1.66. The molecule has 70 valence electrons. The molecule has 3 nitrogen and oxygen atoms in total. The van der Waals surface area contributed by atoms with Crippen molar-refractivity contribution < 1.29 is 0 Å². The summed E-state index contributed by atoms with van der Waals surface area (Å²) in [5, 5.41) is 7.76. The van der Waals surface area contributed by atoms with Crippen molar-refractivity contribution >= 4 is 17.8 Å². The van der Waals surface area contributed by atoms with E-state index in [0.29, 0.717) is 11.6 Å². The van der Waals surface area contributed by atoms with Crippen LogP contribution in [0.4, 0.5) is 0 Å². The molecule has 0 aromatic carbocycles. The Labute approximate surface area is 82.7 Å². The van der Waals surface area contributed by atoms with Gasteiger partial charge in [0.2, 0.25) is 0 Å². The summed E-state index contributed by atoms with van der Waals surface area (Å²) in [5.41, 5.74) is 1.10. The number of aromatic nitrogens is 2. The van der Waals surface area contributed by atoms with Crippen LogP contribution in [0.3, 0.4) is 0 Å². The molecule has 4 heteroatoms. The van der Waals surface area contributed by atoms with Gasteiger partial charge in [-0.1, -0.05) is 24.8 Å². The highest BCUT2D eigenvalue weighted by atomic mass is 35.5. The molecule has 0 bridgehead atoms. The molecule has 1 heterocycles. The van der Waals surface area contributed by atoms with Crippen LogP contribution in [0, 0.1) is 0 Å². The maximum Gasteiger partial charge on any atom is 0.0538 e. The minimum atomic E-state index is 0.608. The summed E-state index contributed by atoms with van der Waals surface area (Å²) in [5.74, 6) is 0. The molecule has 0 fully saturated rings. The number of rotatable bonds is 5. The number of hydrogen-bond acceptors (Lipinski definition) is 2. The molecule has 0 amide bonds. The summed E-state index contributed by atoms with van der Waals surface area (Å²) in [6.45, 7) is 8.52. The van der Waals surface area contributed by atoms with Crippen molar-refractivity contribution in [3.05, 3.63) is 36.1 Å². The molecule has 0 aliphatic carbocycles. The van der Waals surface area contributed by atoms with Crippen LogP contribution in [0.5, 0.6) is 0 Å². The average Bonchev–Trinajstić information content (AvgIpc) is 2.52. The predicted octanol–water partition coefficient (Wildman–Crippen LogP) is 1.83. The minimum absolute atomic E-state index is 0.608. The van der Waals surface area contributed by atoms with E-state index < -0.39 is 0 Å². The van der Waals surface area contributed by atoms with Crippen LogP contribution in [0.1, 0.15) is 5.56 Å². The van der Waals surface area contributed by atoms with Gasteiger partial charge >= 0.3 is 0 Å². The van der Waals surface area contributed by atoms with Crippen molar-refractivity contribution in [1.82, 2.24) is 15.1 Å². The van der Waals surface area contributed by atoms with Crippen molar-refractivity contribution in [3.8, 4) is 0 Å². The van der Waals surface area contributed by atoms with Gasteiger partial charge in [-0.15, -0.1) is 0 Å². The van der Waals surface area contributed by atoms with E-state index in [1.54, 1.807) is 17.1 Å². The molecule has 0 spiro atoms. The van der Waals surface area contributed by atoms with Crippen LogP contribution in [-0.4, -0.2) is 16.3 Å². The zero-order valence-electron chi connectivity index (χ0n) is 7.33. The van der Waals surface area contributed by atoms with E-state index in [9.17, 15) is 0 Å². The van der Waals surface area contributed by atoms with Gasteiger partial charge in [0.05, 0.1) is 6.20 Å². The lowest BCUT2D eigenvalue weighted by Gasteiger charge is -1.99. The summed E-state index contributed by atoms with van der Waals surface area (Å²) in [6.07, 6.45) is 5.33. The van der Waals surface area contributed by atoms with Crippen LogP contribution in [0.2, 0.25) is 0 Å². The maximum atomic E-state index is 5.58. The second-order valence-corrected chi connectivity index (χ2v) is 3.17. The number of hydrogen-bond donors (Lipinski definition) is 1. The van der Waals surface area contributed by atoms with Gasteiger partial charge in [0.25, 0.3) is 0 Å². The Balaban J connectivity index is 2.36. The van der Waals surface area contributed by atoms with Gasteiger partial charge in [0.1, 0.15) is 0 Å². The largest absolute Gasteiger partial charge is 0.308 e. The summed E-state index contributed by atoms with van der Waals surface area (Å²) >= 11 is 5.58. The summed E-state index contributed by atoms with van der Waals surface area (Å²) in [4.78, 5) is 0. The second-order valence-electron chi connectivity index (χ2n) is 2.63. The molecule has 1 rings (SSSR count). The van der Waals surface area contributed by atoms with Crippen molar-refractivity contribution in [2.45, 2.75) is 6.54 Å². The molecule has 0 unspecified atom stereocenters. The van der Waals surface area contributed by atoms with Gasteiger partial charge in [0, 0.05) is 36.1 Å². The first kappa shape index (κ1) is 10.0. The standard InChI is InChI=1S/C9H12ClN3/c1-3-13-7-9(6-12-13)5-11-4-8(2)10/h3,6-7,11H,1-2,4-5H2. The molecule has 0 atom stereocenters. The molecule has 0 saturated heterocycles. The molecular weight excluding hydrogens is 186 g/mol. The third-order valence-electron chi connectivity index (χ3n) is 1.49. The smallest absolute Gasteiger partial charge is 0.0538 e. The van der Waals surface area contributed by atoms with E-state index >= 15 is 0 Å². The van der Waals surface area contributed by atoms with E-state index in [0.717, 1.165) is 12.1 Å². The first-order chi connectivity index (χ1) is 6.22.